The Bertz CT molecular complexity index is 472. The normalized spacial score (nSPS) is 15.2. The summed E-state index contributed by atoms with van der Waals surface area (Å²) in [6.45, 7) is 0. The van der Waals surface area contributed by atoms with Crippen LogP contribution in [0.3, 0.4) is 0 Å². The number of hydrogen-bond donors (Lipinski definition) is 1. The van der Waals surface area contributed by atoms with Crippen LogP contribution in [-0.4, -0.2) is 23.1 Å². The lowest BCUT2D eigenvalue weighted by Crippen LogP contribution is -2.52. The second kappa shape index (κ2) is 5.51. The number of hydrogen-bond acceptors (Lipinski definition) is 1. The molecule has 0 heterocycles. The van der Waals surface area contributed by atoms with Gasteiger partial charge in [-0.3, -0.25) is 0 Å². The number of aliphatic hydroxyl groups excluding tert-OH is 1. The zero-order valence-electron chi connectivity index (χ0n) is 9.56. The summed E-state index contributed by atoms with van der Waals surface area (Å²) in [5, 5.41) is 9.41. The van der Waals surface area contributed by atoms with Gasteiger partial charge in [-0.15, -0.1) is 0 Å². The lowest BCUT2D eigenvalue weighted by Gasteiger charge is -2.29. The van der Waals surface area contributed by atoms with Crippen molar-refractivity contribution in [2.45, 2.75) is 30.5 Å². The predicted octanol–water partition coefficient (Wildman–Crippen LogP) is 4.71. The van der Waals surface area contributed by atoms with Crippen molar-refractivity contribution in [1.82, 2.24) is 0 Å². The van der Waals surface area contributed by atoms with Gasteiger partial charge in [0.05, 0.1) is 6.10 Å². The Morgan fingerprint density at radius 2 is 1.60 bits per heavy atom. The summed E-state index contributed by atoms with van der Waals surface area (Å²) >= 11 is 2.95. The van der Waals surface area contributed by atoms with E-state index in [0.29, 0.717) is 4.47 Å². The van der Waals surface area contributed by atoms with Gasteiger partial charge in [0.2, 0.25) is 0 Å². The molecule has 0 spiro atoms. The van der Waals surface area contributed by atoms with Crippen molar-refractivity contribution in [3.63, 3.8) is 0 Å². The molecule has 1 nitrogen and oxygen atoms in total. The summed E-state index contributed by atoms with van der Waals surface area (Å²) in [5.74, 6) is -11.6. The molecule has 0 aliphatic carbocycles. The molecule has 0 aliphatic heterocycles. The van der Waals surface area contributed by atoms with Crippen LogP contribution in [0.25, 0.3) is 0 Å². The molecular weight excluding hydrogens is 361 g/mol. The van der Waals surface area contributed by atoms with Crippen molar-refractivity contribution in [3.8, 4) is 0 Å². The van der Waals surface area contributed by atoms with Crippen molar-refractivity contribution >= 4 is 15.9 Å². The fourth-order valence-corrected chi connectivity index (χ4v) is 1.83. The largest absolute Gasteiger partial charge is 0.459 e. The average molecular weight is 369 g/mol. The third-order valence-corrected chi connectivity index (χ3v) is 2.99. The van der Waals surface area contributed by atoms with Gasteiger partial charge in [-0.05, 0) is 17.7 Å². The summed E-state index contributed by atoms with van der Waals surface area (Å²) < 4.78 is 87.7. The van der Waals surface area contributed by atoms with Gasteiger partial charge in [0.25, 0.3) is 0 Å². The Morgan fingerprint density at radius 3 is 2.05 bits per heavy atom. The third-order valence-electron chi connectivity index (χ3n) is 2.50. The molecule has 20 heavy (non-hydrogen) atoms. The molecule has 0 aromatic heterocycles. The first-order chi connectivity index (χ1) is 8.88. The zero-order valence-corrected chi connectivity index (χ0v) is 11.2. The molecule has 114 valence electrons. The van der Waals surface area contributed by atoms with Gasteiger partial charge in [-0.2, -0.15) is 30.7 Å². The SMILES string of the molecule is OC(CC(F)(F)C(F)(F)C(F)(F)F)c1cccc(Br)c1. The number of halogens is 8. The molecule has 9 heteroatoms. The topological polar surface area (TPSA) is 20.2 Å². The molecule has 1 aromatic rings. The molecule has 1 N–H and O–H groups in total. The highest BCUT2D eigenvalue weighted by Gasteiger charge is 2.72. The highest BCUT2D eigenvalue weighted by molar-refractivity contribution is 9.10. The van der Waals surface area contributed by atoms with Crippen LogP contribution in [0.2, 0.25) is 0 Å². The van der Waals surface area contributed by atoms with Crippen LogP contribution in [0, 0.1) is 0 Å². The first-order valence-electron chi connectivity index (χ1n) is 5.14. The Labute approximate surface area is 117 Å². The molecule has 1 rings (SSSR count). The van der Waals surface area contributed by atoms with Gasteiger partial charge in [0.1, 0.15) is 0 Å². The van der Waals surface area contributed by atoms with E-state index in [4.69, 9.17) is 0 Å². The predicted molar refractivity (Wildman–Crippen MR) is 59.7 cm³/mol. The van der Waals surface area contributed by atoms with Crippen LogP contribution in [0.1, 0.15) is 18.1 Å². The Morgan fingerprint density at radius 1 is 1.05 bits per heavy atom. The van der Waals surface area contributed by atoms with E-state index in [1.807, 2.05) is 0 Å². The quantitative estimate of drug-likeness (QED) is 0.763. The monoisotopic (exact) mass is 368 g/mol. The lowest BCUT2D eigenvalue weighted by molar-refractivity contribution is -0.358. The summed E-state index contributed by atoms with van der Waals surface area (Å²) in [5.41, 5.74) is -0.197. The molecule has 0 saturated heterocycles. The third kappa shape index (κ3) is 3.43. The summed E-state index contributed by atoms with van der Waals surface area (Å²) in [6.07, 6.45) is -10.6. The van der Waals surface area contributed by atoms with Crippen LogP contribution in [0.4, 0.5) is 30.7 Å². The van der Waals surface area contributed by atoms with Gasteiger partial charge in [0.15, 0.2) is 0 Å². The number of alkyl halides is 7. The van der Waals surface area contributed by atoms with E-state index < -0.39 is 30.5 Å². The minimum atomic E-state index is -6.40. The molecule has 1 atom stereocenters. The Kier molecular flexibility index (Phi) is 4.75. The van der Waals surface area contributed by atoms with E-state index in [9.17, 15) is 35.8 Å². The molecule has 0 radical (unpaired) electrons. The van der Waals surface area contributed by atoms with Crippen LogP contribution in [0.5, 0.6) is 0 Å². The second-order valence-electron chi connectivity index (χ2n) is 4.05. The molecule has 0 aliphatic rings. The Balaban J connectivity index is 2.96. The average Bonchev–Trinajstić information content (AvgIpc) is 2.26. The second-order valence-corrected chi connectivity index (χ2v) is 4.97. The fourth-order valence-electron chi connectivity index (χ4n) is 1.41. The van der Waals surface area contributed by atoms with E-state index in [2.05, 4.69) is 15.9 Å². The van der Waals surface area contributed by atoms with Crippen molar-refractivity contribution in [2.75, 3.05) is 0 Å². The van der Waals surface area contributed by atoms with Gasteiger partial charge < -0.3 is 5.11 Å². The minimum absolute atomic E-state index is 0.197. The van der Waals surface area contributed by atoms with Gasteiger partial charge in [0, 0.05) is 10.9 Å². The molecule has 1 unspecified atom stereocenters. The standard InChI is InChI=1S/C11H8BrF7O/c12-7-3-1-2-6(4-7)8(20)5-9(13,14)10(15,16)11(17,18)19/h1-4,8,20H,5H2. The molecule has 0 saturated carbocycles. The summed E-state index contributed by atoms with van der Waals surface area (Å²) in [4.78, 5) is 0. The van der Waals surface area contributed by atoms with Crippen molar-refractivity contribution in [3.05, 3.63) is 34.3 Å². The van der Waals surface area contributed by atoms with Gasteiger partial charge >= 0.3 is 18.0 Å². The molecular formula is C11H8BrF7O. The Hall–Kier alpha value is -0.830. The highest BCUT2D eigenvalue weighted by Crippen LogP contribution is 2.49. The van der Waals surface area contributed by atoms with E-state index in [0.717, 1.165) is 12.1 Å². The van der Waals surface area contributed by atoms with E-state index >= 15 is 0 Å². The smallest absolute Gasteiger partial charge is 0.388 e. The first-order valence-corrected chi connectivity index (χ1v) is 5.93. The fraction of sp³-hybridized carbons (Fsp3) is 0.455. The maximum Gasteiger partial charge on any atom is 0.459 e. The number of benzene rings is 1. The maximum atomic E-state index is 13.1. The zero-order chi connectivity index (χ0) is 15.8. The number of aliphatic hydroxyl groups is 1. The van der Waals surface area contributed by atoms with E-state index in [-0.39, 0.29) is 5.56 Å². The molecule has 0 fully saturated rings. The lowest BCUT2D eigenvalue weighted by atomic mass is 9.99. The van der Waals surface area contributed by atoms with E-state index in [1.54, 1.807) is 0 Å². The van der Waals surface area contributed by atoms with Gasteiger partial charge in [-0.1, -0.05) is 28.1 Å². The maximum absolute atomic E-state index is 13.1. The highest BCUT2D eigenvalue weighted by atomic mass is 79.9. The first kappa shape index (κ1) is 17.2. The van der Waals surface area contributed by atoms with Crippen molar-refractivity contribution in [2.24, 2.45) is 0 Å². The van der Waals surface area contributed by atoms with E-state index in [1.165, 1.54) is 12.1 Å². The molecule has 0 bridgehead atoms. The number of rotatable bonds is 4. The molecule has 1 aromatic carbocycles. The van der Waals surface area contributed by atoms with Crippen molar-refractivity contribution in [1.29, 1.82) is 0 Å². The summed E-state index contributed by atoms with van der Waals surface area (Å²) in [7, 11) is 0. The summed E-state index contributed by atoms with van der Waals surface area (Å²) in [6, 6.07) is 5.07. The van der Waals surface area contributed by atoms with Crippen LogP contribution < -0.4 is 0 Å². The van der Waals surface area contributed by atoms with Crippen LogP contribution >= 0.6 is 15.9 Å². The molecule has 0 amide bonds. The van der Waals surface area contributed by atoms with Crippen molar-refractivity contribution < 1.29 is 35.8 Å². The van der Waals surface area contributed by atoms with Gasteiger partial charge in [-0.25, -0.2) is 0 Å². The van der Waals surface area contributed by atoms with Crippen LogP contribution in [0.15, 0.2) is 28.7 Å². The van der Waals surface area contributed by atoms with Crippen LogP contribution in [-0.2, 0) is 0 Å². The minimum Gasteiger partial charge on any atom is -0.388 e.